The van der Waals surface area contributed by atoms with Crippen molar-refractivity contribution in [2.45, 2.75) is 89.0 Å². The molecule has 4 aliphatic rings. The minimum atomic E-state index is -1.40. The zero-order valence-corrected chi connectivity index (χ0v) is 35.4. The number of nitro groups is 1. The van der Waals surface area contributed by atoms with Gasteiger partial charge in [0, 0.05) is 49.6 Å². The minimum absolute atomic E-state index is 0.0224. The van der Waals surface area contributed by atoms with E-state index >= 15 is 0 Å². The number of carbonyl (C=O) groups is 1. The number of allylic oxidation sites excluding steroid dienone is 1. The van der Waals surface area contributed by atoms with Gasteiger partial charge in [-0.15, -0.1) is 6.58 Å². The molecule has 6 unspecified atom stereocenters. The van der Waals surface area contributed by atoms with Crippen LogP contribution in [0.25, 0.3) is 10.8 Å². The minimum Gasteiger partial charge on any atom is -0.459 e. The molecule has 1 aliphatic heterocycles. The first-order valence-corrected chi connectivity index (χ1v) is 22.2. The Balaban J connectivity index is 1.34. The summed E-state index contributed by atoms with van der Waals surface area (Å²) in [6.45, 7) is 6.98. The zero-order valence-electron chi connectivity index (χ0n) is 35.4. The molecule has 3 aliphatic carbocycles. The summed E-state index contributed by atoms with van der Waals surface area (Å²) in [5.41, 5.74) is 3.54. The van der Waals surface area contributed by atoms with Gasteiger partial charge in [0.05, 0.1) is 29.2 Å². The molecule has 8 rings (SSSR count). The van der Waals surface area contributed by atoms with E-state index in [1.807, 2.05) is 42.2 Å². The second-order valence-electron chi connectivity index (χ2n) is 16.9. The maximum atomic E-state index is 15.0. The van der Waals surface area contributed by atoms with Gasteiger partial charge in [0.1, 0.15) is 29.9 Å². The van der Waals surface area contributed by atoms with Crippen LogP contribution in [0.4, 0.5) is 5.69 Å². The summed E-state index contributed by atoms with van der Waals surface area (Å²) >= 11 is 0. The molecule has 0 saturated heterocycles. The van der Waals surface area contributed by atoms with Gasteiger partial charge >= 0.3 is 0 Å². The van der Waals surface area contributed by atoms with Crippen molar-refractivity contribution in [1.82, 2.24) is 4.90 Å². The Kier molecular flexibility index (Phi) is 13.4. The van der Waals surface area contributed by atoms with E-state index in [4.69, 9.17) is 24.2 Å². The van der Waals surface area contributed by atoms with Gasteiger partial charge in [0.15, 0.2) is 0 Å². The molecule has 0 spiro atoms. The van der Waals surface area contributed by atoms with Crippen molar-refractivity contribution >= 4 is 28.1 Å². The smallest absolute Gasteiger partial charge is 0.273 e. The van der Waals surface area contributed by atoms with Crippen LogP contribution in [-0.4, -0.2) is 69.9 Å². The van der Waals surface area contributed by atoms with Crippen molar-refractivity contribution in [3.8, 4) is 17.2 Å². The fourth-order valence-electron chi connectivity index (χ4n) is 10.2. The van der Waals surface area contributed by atoms with Crippen LogP contribution in [0.15, 0.2) is 114 Å². The van der Waals surface area contributed by atoms with Crippen LogP contribution in [-0.2, 0) is 20.9 Å². The van der Waals surface area contributed by atoms with Gasteiger partial charge < -0.3 is 34.2 Å². The number of benzene rings is 4. The van der Waals surface area contributed by atoms with E-state index in [0.717, 1.165) is 71.7 Å². The number of fused-ring (bicyclic) bond motifs is 3. The summed E-state index contributed by atoms with van der Waals surface area (Å²) in [6, 6.07) is 25.6. The Morgan fingerprint density at radius 2 is 1.74 bits per heavy atom. The molecule has 0 bridgehead atoms. The molecule has 2 saturated carbocycles. The van der Waals surface area contributed by atoms with Crippen LogP contribution in [0.5, 0.6) is 17.2 Å². The quantitative estimate of drug-likeness (QED) is 0.0383. The van der Waals surface area contributed by atoms with Crippen molar-refractivity contribution in [3.63, 3.8) is 0 Å². The first-order valence-electron chi connectivity index (χ1n) is 22.2. The second-order valence-corrected chi connectivity index (χ2v) is 16.9. The number of hydrogen-bond acceptors (Lipinski definition) is 10. The monoisotopic (exact) mass is 843 g/mol. The van der Waals surface area contributed by atoms with E-state index < -0.39 is 22.7 Å². The lowest BCUT2D eigenvalue weighted by molar-refractivity contribution is -0.384. The number of nitro benzene ring substituents is 1. The molecule has 0 radical (unpaired) electrons. The maximum Gasteiger partial charge on any atom is 0.273 e. The Labute approximate surface area is 363 Å². The highest BCUT2D eigenvalue weighted by molar-refractivity contribution is 6.03. The van der Waals surface area contributed by atoms with E-state index in [0.29, 0.717) is 49.7 Å². The molecule has 2 fully saturated rings. The van der Waals surface area contributed by atoms with Crippen molar-refractivity contribution in [3.05, 3.63) is 130 Å². The molecule has 12 nitrogen and oxygen atoms in total. The fourth-order valence-corrected chi connectivity index (χ4v) is 10.2. The van der Waals surface area contributed by atoms with E-state index in [-0.39, 0.29) is 55.1 Å². The molecule has 326 valence electrons. The second kappa shape index (κ2) is 19.2. The summed E-state index contributed by atoms with van der Waals surface area (Å²) in [4.78, 5) is 34.1. The number of rotatable bonds is 20. The molecule has 62 heavy (non-hydrogen) atoms. The summed E-state index contributed by atoms with van der Waals surface area (Å²) < 4.78 is 21.0. The number of amides is 1. The lowest BCUT2D eigenvalue weighted by Gasteiger charge is -2.60. The topological polar surface area (TPSA) is 153 Å². The van der Waals surface area contributed by atoms with Gasteiger partial charge in [0.25, 0.3) is 5.69 Å². The van der Waals surface area contributed by atoms with Crippen LogP contribution in [0.1, 0.15) is 81.8 Å². The molecular formula is C50H57N3O9. The molecule has 1 heterocycles. The van der Waals surface area contributed by atoms with E-state index in [2.05, 4.69) is 36.9 Å². The van der Waals surface area contributed by atoms with E-state index in [1.165, 1.54) is 12.1 Å². The first kappa shape index (κ1) is 43.1. The number of aliphatic hydroxyl groups is 2. The number of carbonyl (C=O) groups excluding carboxylic acids is 1. The summed E-state index contributed by atoms with van der Waals surface area (Å²) in [6.07, 6.45) is 10.5. The van der Waals surface area contributed by atoms with Gasteiger partial charge in [-0.1, -0.05) is 78.7 Å². The number of non-ortho nitro benzene ring substituents is 1. The average Bonchev–Trinajstić information content (AvgIpc) is 4.14. The molecule has 2 N–H and O–H groups in total. The number of hydrogen-bond donors (Lipinski definition) is 2. The molecule has 4 aromatic rings. The number of ether oxygens (including phenoxy) is 3. The first-order chi connectivity index (χ1) is 30.3. The van der Waals surface area contributed by atoms with Gasteiger partial charge in [-0.25, -0.2) is 0 Å². The van der Waals surface area contributed by atoms with Gasteiger partial charge in [-0.05, 0) is 103 Å². The van der Waals surface area contributed by atoms with Gasteiger partial charge in [-0.3, -0.25) is 14.9 Å². The van der Waals surface area contributed by atoms with Gasteiger partial charge in [0.2, 0.25) is 11.7 Å². The Morgan fingerprint density at radius 1 is 0.984 bits per heavy atom. The third-order valence-corrected chi connectivity index (χ3v) is 13.0. The van der Waals surface area contributed by atoms with Crippen LogP contribution in [0.3, 0.4) is 0 Å². The predicted octanol–water partition coefficient (Wildman–Crippen LogP) is 9.63. The zero-order chi connectivity index (χ0) is 43.2. The highest BCUT2D eigenvalue weighted by Crippen LogP contribution is 2.62. The molecule has 6 atom stereocenters. The number of unbranched alkanes of at least 4 members (excludes halogenated alkanes) is 2. The normalized spacial score (nSPS) is 24.3. The molecule has 1 amide bonds. The van der Waals surface area contributed by atoms with Crippen LogP contribution >= 0.6 is 0 Å². The van der Waals surface area contributed by atoms with Crippen molar-refractivity contribution in [2.24, 2.45) is 28.8 Å². The summed E-state index contributed by atoms with van der Waals surface area (Å²) in [7, 11) is 0. The maximum absolute atomic E-state index is 15.0. The standard InChI is InChI=1S/C50H57N3O9/c1-3-27-59-50-46(52(49(56)34-21-22-34)32-36-16-11-15-33-13-5-6-19-40(33)36)31-44(51-60-4-2)42-28-35(14-7-9-25-54)41(20-8-10-26-55)47(48(42)50)43-30-39(23-24-45(43)62-50)61-38-18-12-17-37(29-38)53(57)58/h3,5-6,11-13,15-19,23-24,28-30,34-35,41,46-48,54-55H,1,4,7-10,14,20-22,25-27,31-32H2,2H3. The van der Waals surface area contributed by atoms with Crippen molar-refractivity contribution in [1.29, 1.82) is 0 Å². The molecule has 4 aromatic carbocycles. The molecular weight excluding hydrogens is 787 g/mol. The summed E-state index contributed by atoms with van der Waals surface area (Å²) in [5.74, 6) is -0.678. The largest absolute Gasteiger partial charge is 0.459 e. The van der Waals surface area contributed by atoms with E-state index in [1.54, 1.807) is 24.3 Å². The van der Waals surface area contributed by atoms with Gasteiger partial charge in [-0.2, -0.15) is 0 Å². The highest BCUT2D eigenvalue weighted by atomic mass is 16.7. The number of nitrogens with zero attached hydrogens (tertiary/aromatic N) is 3. The fraction of sp³-hybridized carbons (Fsp3) is 0.440. The third-order valence-electron chi connectivity index (χ3n) is 13.0. The lowest BCUT2D eigenvalue weighted by Crippen LogP contribution is -2.70. The number of oxime groups is 1. The van der Waals surface area contributed by atoms with Crippen molar-refractivity contribution < 1.29 is 39.0 Å². The average molecular weight is 844 g/mol. The Bertz CT molecular complexity index is 2320. The van der Waals surface area contributed by atoms with E-state index in [9.17, 15) is 25.1 Å². The van der Waals surface area contributed by atoms with Crippen molar-refractivity contribution in [2.75, 3.05) is 26.4 Å². The predicted molar refractivity (Wildman–Crippen MR) is 237 cm³/mol. The lowest BCUT2D eigenvalue weighted by atomic mass is 9.55. The van der Waals surface area contributed by atoms with Crippen LogP contribution in [0.2, 0.25) is 0 Å². The molecule has 0 aromatic heterocycles. The SMILES string of the molecule is C=CCOC12Oc3ccc(Oc4cccc([N+](=O)[O-])c4)cc3C3C(CCCCO)C(CCCCO)C=C(C(=NOCC)CC1N(Cc1cccc4ccccc14)C(=O)C1CC1)C32. The Hall–Kier alpha value is -5.56. The van der Waals surface area contributed by atoms with Crippen LogP contribution < -0.4 is 9.47 Å². The molecule has 12 heteroatoms. The Morgan fingerprint density at radius 3 is 2.50 bits per heavy atom. The highest BCUT2D eigenvalue weighted by Gasteiger charge is 2.66. The third kappa shape index (κ3) is 8.73. The number of aliphatic hydroxyl groups excluding tert-OH is 2. The summed E-state index contributed by atoms with van der Waals surface area (Å²) in [5, 5.41) is 38.6. The van der Waals surface area contributed by atoms with Crippen LogP contribution in [0, 0.1) is 33.8 Å².